The number of nitrogens with two attached hydrogens (primary N) is 1. The van der Waals surface area contributed by atoms with Gasteiger partial charge in [-0.2, -0.15) is 0 Å². The molecule has 0 saturated carbocycles. The van der Waals surface area contributed by atoms with Crippen molar-refractivity contribution in [2.24, 2.45) is 5.73 Å². The van der Waals surface area contributed by atoms with Crippen LogP contribution in [0.1, 0.15) is 31.0 Å². The van der Waals surface area contributed by atoms with Crippen molar-refractivity contribution in [2.45, 2.75) is 38.6 Å². The number of amides is 1. The van der Waals surface area contributed by atoms with Gasteiger partial charge in [-0.15, -0.1) is 11.3 Å². The van der Waals surface area contributed by atoms with E-state index in [0.717, 1.165) is 23.5 Å². The van der Waals surface area contributed by atoms with Crippen LogP contribution in [0.25, 0.3) is 0 Å². The Morgan fingerprint density at radius 2 is 2.33 bits per heavy atom. The van der Waals surface area contributed by atoms with Crippen molar-refractivity contribution in [3.05, 3.63) is 16.1 Å². The average molecular weight is 271 g/mol. The Hall–Kier alpha value is -0.980. The fourth-order valence-corrected chi connectivity index (χ4v) is 2.26. The van der Waals surface area contributed by atoms with Gasteiger partial charge in [0.15, 0.2) is 0 Å². The first kappa shape index (κ1) is 15.1. The molecule has 1 rings (SSSR count). The first-order valence-corrected chi connectivity index (χ1v) is 6.90. The maximum absolute atomic E-state index is 11.7. The monoisotopic (exact) mass is 271 g/mol. The fraction of sp³-hybridized carbons (Fsp3) is 0.667. The summed E-state index contributed by atoms with van der Waals surface area (Å²) in [6, 6.07) is 0. The fourth-order valence-electron chi connectivity index (χ4n) is 1.42. The highest BCUT2D eigenvalue weighted by Gasteiger charge is 2.19. The summed E-state index contributed by atoms with van der Waals surface area (Å²) in [6.07, 6.45) is 2.03. The predicted molar refractivity (Wildman–Crippen MR) is 72.5 cm³/mol. The SMILES string of the molecule is CC(C)(CO)NC(=O)Cc1csc(CCCN)n1. The summed E-state index contributed by atoms with van der Waals surface area (Å²) in [7, 11) is 0. The molecule has 1 heterocycles. The molecule has 0 aliphatic heterocycles. The van der Waals surface area contributed by atoms with Crippen LogP contribution < -0.4 is 11.1 Å². The van der Waals surface area contributed by atoms with E-state index in [1.807, 2.05) is 5.38 Å². The van der Waals surface area contributed by atoms with Gasteiger partial charge >= 0.3 is 0 Å². The molecule has 0 radical (unpaired) electrons. The van der Waals surface area contributed by atoms with Gasteiger partial charge < -0.3 is 16.2 Å². The summed E-state index contributed by atoms with van der Waals surface area (Å²) < 4.78 is 0. The molecule has 0 fully saturated rings. The summed E-state index contributed by atoms with van der Waals surface area (Å²) in [5.41, 5.74) is 5.63. The summed E-state index contributed by atoms with van der Waals surface area (Å²) in [5, 5.41) is 14.8. The van der Waals surface area contributed by atoms with Crippen molar-refractivity contribution in [1.82, 2.24) is 10.3 Å². The van der Waals surface area contributed by atoms with Crippen molar-refractivity contribution in [1.29, 1.82) is 0 Å². The maximum Gasteiger partial charge on any atom is 0.226 e. The van der Waals surface area contributed by atoms with E-state index >= 15 is 0 Å². The maximum atomic E-state index is 11.7. The molecule has 0 atom stereocenters. The Morgan fingerprint density at radius 1 is 1.61 bits per heavy atom. The summed E-state index contributed by atoms with van der Waals surface area (Å²) >= 11 is 1.56. The van der Waals surface area contributed by atoms with E-state index < -0.39 is 5.54 Å². The largest absolute Gasteiger partial charge is 0.394 e. The van der Waals surface area contributed by atoms with Crippen molar-refractivity contribution in [3.63, 3.8) is 0 Å². The molecule has 1 aromatic rings. The van der Waals surface area contributed by atoms with Gasteiger partial charge in [0.25, 0.3) is 0 Å². The van der Waals surface area contributed by atoms with Crippen LogP contribution in [0.15, 0.2) is 5.38 Å². The summed E-state index contributed by atoms with van der Waals surface area (Å²) in [5.74, 6) is -0.121. The molecule has 0 bridgehead atoms. The van der Waals surface area contributed by atoms with Gasteiger partial charge in [0, 0.05) is 11.8 Å². The minimum atomic E-state index is -0.588. The molecule has 0 saturated heterocycles. The average Bonchev–Trinajstić information content (AvgIpc) is 2.73. The third-order valence-electron chi connectivity index (χ3n) is 2.41. The van der Waals surface area contributed by atoms with Gasteiger partial charge in [0.05, 0.1) is 29.3 Å². The Bertz CT molecular complexity index is 390. The number of rotatable bonds is 7. The number of carbonyl (C=O) groups excluding carboxylic acids is 1. The number of aryl methyl sites for hydroxylation is 1. The molecule has 0 aliphatic carbocycles. The number of hydrogen-bond acceptors (Lipinski definition) is 5. The van der Waals surface area contributed by atoms with Crippen LogP contribution in [0.4, 0.5) is 0 Å². The number of aromatic nitrogens is 1. The molecule has 0 aromatic carbocycles. The molecule has 6 heteroatoms. The number of carbonyl (C=O) groups is 1. The highest BCUT2D eigenvalue weighted by atomic mass is 32.1. The van der Waals surface area contributed by atoms with E-state index in [1.165, 1.54) is 0 Å². The van der Waals surface area contributed by atoms with Crippen molar-refractivity contribution in [2.75, 3.05) is 13.2 Å². The lowest BCUT2D eigenvalue weighted by molar-refractivity contribution is -0.122. The lowest BCUT2D eigenvalue weighted by atomic mass is 10.1. The van der Waals surface area contributed by atoms with Crippen molar-refractivity contribution in [3.8, 4) is 0 Å². The molecule has 0 unspecified atom stereocenters. The van der Waals surface area contributed by atoms with E-state index in [9.17, 15) is 4.79 Å². The quantitative estimate of drug-likeness (QED) is 0.672. The van der Waals surface area contributed by atoms with Crippen LogP contribution in [0.5, 0.6) is 0 Å². The highest BCUT2D eigenvalue weighted by molar-refractivity contribution is 7.09. The molecule has 102 valence electrons. The van der Waals surface area contributed by atoms with Crippen LogP contribution in [-0.2, 0) is 17.6 Å². The number of nitrogens with zero attached hydrogens (tertiary/aromatic N) is 1. The third-order valence-corrected chi connectivity index (χ3v) is 3.37. The van der Waals surface area contributed by atoms with Gasteiger partial charge in [-0.05, 0) is 26.8 Å². The molecule has 1 amide bonds. The van der Waals surface area contributed by atoms with Gasteiger partial charge in [0.2, 0.25) is 5.91 Å². The third kappa shape index (κ3) is 5.12. The second-order valence-electron chi connectivity index (χ2n) is 4.89. The number of aliphatic hydroxyl groups is 1. The minimum absolute atomic E-state index is 0.0858. The topological polar surface area (TPSA) is 88.2 Å². The Morgan fingerprint density at radius 3 is 2.94 bits per heavy atom. The van der Waals surface area contributed by atoms with E-state index in [0.29, 0.717) is 6.54 Å². The molecule has 0 aliphatic rings. The smallest absolute Gasteiger partial charge is 0.226 e. The van der Waals surface area contributed by atoms with Crippen LogP contribution >= 0.6 is 11.3 Å². The lowest BCUT2D eigenvalue weighted by Gasteiger charge is -2.23. The molecule has 1 aromatic heterocycles. The van der Waals surface area contributed by atoms with Crippen LogP contribution in [0.2, 0.25) is 0 Å². The zero-order valence-electron chi connectivity index (χ0n) is 10.9. The van der Waals surface area contributed by atoms with E-state index in [1.54, 1.807) is 25.2 Å². The van der Waals surface area contributed by atoms with Crippen LogP contribution in [-0.4, -0.2) is 34.7 Å². The van der Waals surface area contributed by atoms with E-state index in [4.69, 9.17) is 10.8 Å². The Labute approximate surface area is 111 Å². The van der Waals surface area contributed by atoms with E-state index in [-0.39, 0.29) is 18.9 Å². The highest BCUT2D eigenvalue weighted by Crippen LogP contribution is 2.12. The zero-order valence-corrected chi connectivity index (χ0v) is 11.7. The number of nitrogens with one attached hydrogen (secondary N) is 1. The molecule has 5 nitrogen and oxygen atoms in total. The second kappa shape index (κ2) is 6.82. The summed E-state index contributed by atoms with van der Waals surface area (Å²) in [4.78, 5) is 16.1. The Kier molecular flexibility index (Phi) is 5.71. The molecular weight excluding hydrogens is 250 g/mol. The van der Waals surface area contributed by atoms with Crippen molar-refractivity contribution >= 4 is 17.2 Å². The number of thiazole rings is 1. The number of hydrogen-bond donors (Lipinski definition) is 3. The van der Waals surface area contributed by atoms with Crippen LogP contribution in [0.3, 0.4) is 0 Å². The zero-order chi connectivity index (χ0) is 13.6. The van der Waals surface area contributed by atoms with E-state index in [2.05, 4.69) is 10.3 Å². The minimum Gasteiger partial charge on any atom is -0.394 e. The summed E-state index contributed by atoms with van der Waals surface area (Å²) in [6.45, 7) is 4.12. The number of aliphatic hydroxyl groups excluding tert-OH is 1. The van der Waals surface area contributed by atoms with Crippen LogP contribution in [0, 0.1) is 0 Å². The first-order chi connectivity index (χ1) is 8.46. The molecule has 18 heavy (non-hydrogen) atoms. The standard InChI is InChI=1S/C12H21N3O2S/c1-12(2,8-16)15-10(17)6-9-7-18-11(14-9)4-3-5-13/h7,16H,3-6,8,13H2,1-2H3,(H,15,17). The van der Waals surface area contributed by atoms with Gasteiger partial charge in [-0.3, -0.25) is 4.79 Å². The van der Waals surface area contributed by atoms with Crippen molar-refractivity contribution < 1.29 is 9.90 Å². The molecule has 0 spiro atoms. The first-order valence-electron chi connectivity index (χ1n) is 6.02. The predicted octanol–water partition coefficient (Wildman–Crippen LogP) is 0.464. The molecular formula is C12H21N3O2S. The van der Waals surface area contributed by atoms with Gasteiger partial charge in [-0.1, -0.05) is 0 Å². The second-order valence-corrected chi connectivity index (χ2v) is 5.83. The molecule has 4 N–H and O–H groups in total. The Balaban J connectivity index is 2.47. The normalized spacial score (nSPS) is 11.6. The van der Waals surface area contributed by atoms with Gasteiger partial charge in [-0.25, -0.2) is 4.98 Å². The van der Waals surface area contributed by atoms with Gasteiger partial charge in [0.1, 0.15) is 0 Å². The lowest BCUT2D eigenvalue weighted by Crippen LogP contribution is -2.46.